The molecule has 1 aliphatic heterocycles. The number of aromatic amines is 1. The largest absolute Gasteiger partial charge is 0.361 e. The van der Waals surface area contributed by atoms with Crippen LogP contribution in [0.15, 0.2) is 66.2 Å². The predicted octanol–water partition coefficient (Wildman–Crippen LogP) is 3.60. The number of hydrogen-bond acceptors (Lipinski definition) is 4. The molecule has 0 bridgehead atoms. The van der Waals surface area contributed by atoms with Crippen LogP contribution in [0.4, 0.5) is 5.69 Å². The number of benzene rings is 1. The Kier molecular flexibility index (Phi) is 3.80. The first-order valence-electron chi connectivity index (χ1n) is 8.02. The lowest BCUT2D eigenvalue weighted by atomic mass is 9.96. The maximum absolute atomic E-state index is 12.9. The van der Waals surface area contributed by atoms with Gasteiger partial charge < -0.3 is 4.98 Å². The topological polar surface area (TPSA) is 78.4 Å². The highest BCUT2D eigenvalue weighted by Gasteiger charge is 2.35. The molecule has 0 saturated carbocycles. The molecule has 126 valence electrons. The van der Waals surface area contributed by atoms with Gasteiger partial charge in [0.05, 0.1) is 11.3 Å². The number of pyridine rings is 1. The molecule has 3 heterocycles. The zero-order valence-corrected chi connectivity index (χ0v) is 13.9. The number of aromatic nitrogens is 2. The summed E-state index contributed by atoms with van der Waals surface area (Å²) in [5.74, 6) is -0.345. The number of nitrogens with zero attached hydrogens (tertiary/aromatic N) is 3. The molecule has 0 fully saturated rings. The van der Waals surface area contributed by atoms with Gasteiger partial charge in [-0.1, -0.05) is 11.2 Å². The van der Waals surface area contributed by atoms with E-state index in [9.17, 15) is 9.59 Å². The van der Waals surface area contributed by atoms with E-state index in [1.165, 1.54) is 6.08 Å². The lowest BCUT2D eigenvalue weighted by Crippen LogP contribution is -2.19. The summed E-state index contributed by atoms with van der Waals surface area (Å²) in [4.78, 5) is 30.9. The van der Waals surface area contributed by atoms with Crippen LogP contribution in [0.25, 0.3) is 22.3 Å². The summed E-state index contributed by atoms with van der Waals surface area (Å²) in [7, 11) is 0. The third-order valence-corrected chi connectivity index (χ3v) is 4.43. The zero-order valence-electron chi connectivity index (χ0n) is 13.9. The molecule has 0 unspecified atom stereocenters. The van der Waals surface area contributed by atoms with Crippen LogP contribution in [0.5, 0.6) is 0 Å². The molecule has 26 heavy (non-hydrogen) atoms. The molecule has 0 atom stereocenters. The van der Waals surface area contributed by atoms with Crippen LogP contribution in [0.2, 0.25) is 0 Å². The van der Waals surface area contributed by atoms with Crippen molar-refractivity contribution in [2.75, 3.05) is 5.01 Å². The van der Waals surface area contributed by atoms with Crippen molar-refractivity contribution in [3.8, 4) is 11.1 Å². The van der Waals surface area contributed by atoms with Crippen LogP contribution < -0.4 is 5.01 Å². The third kappa shape index (κ3) is 2.46. The summed E-state index contributed by atoms with van der Waals surface area (Å²) in [5.41, 5.74) is 5.38. The summed E-state index contributed by atoms with van der Waals surface area (Å²) in [6, 6.07) is 13.2. The van der Waals surface area contributed by atoms with Gasteiger partial charge in [0, 0.05) is 29.8 Å². The molecule has 6 nitrogen and oxygen atoms in total. The van der Waals surface area contributed by atoms with Crippen LogP contribution in [0, 0.1) is 0 Å². The first-order valence-corrected chi connectivity index (χ1v) is 8.02. The molecular weight excluding hydrogens is 328 g/mol. The number of hydrogen-bond donors (Lipinski definition) is 1. The Morgan fingerprint density at radius 3 is 2.65 bits per heavy atom. The summed E-state index contributed by atoms with van der Waals surface area (Å²) in [6.45, 7) is 1.87. The minimum atomic E-state index is -0.345. The summed E-state index contributed by atoms with van der Waals surface area (Å²) in [5, 5.41) is 4.68. The second kappa shape index (κ2) is 6.27. The fourth-order valence-corrected chi connectivity index (χ4v) is 3.18. The van der Waals surface area contributed by atoms with Crippen molar-refractivity contribution >= 4 is 28.8 Å². The predicted molar refractivity (Wildman–Crippen MR) is 98.6 cm³/mol. The van der Waals surface area contributed by atoms with Crippen LogP contribution in [-0.2, 0) is 9.59 Å². The van der Waals surface area contributed by atoms with E-state index in [4.69, 9.17) is 0 Å². The summed E-state index contributed by atoms with van der Waals surface area (Å²) >= 11 is 0. The van der Waals surface area contributed by atoms with Crippen molar-refractivity contribution in [3.63, 3.8) is 0 Å². The highest BCUT2D eigenvalue weighted by molar-refractivity contribution is 6.37. The fraction of sp³-hybridized carbons (Fsp3) is 0.0500. The standard InChI is InChI=1S/C20H14N4O2/c1-13(17-3-2-8-22-17)19-16-11-15(14-6-9-21-10-7-14)4-5-18(16)24(20(19)26)23-12-25/h2-11,22H,1H3. The molecule has 1 aromatic carbocycles. The Morgan fingerprint density at radius 2 is 1.96 bits per heavy atom. The van der Waals surface area contributed by atoms with Gasteiger partial charge in [-0.15, -0.1) is 0 Å². The Hall–Kier alpha value is -3.76. The molecule has 0 spiro atoms. The number of hydrazone groups is 1. The van der Waals surface area contributed by atoms with Gasteiger partial charge in [-0.05, 0) is 60.0 Å². The van der Waals surface area contributed by atoms with Crippen LogP contribution in [0.3, 0.4) is 0 Å². The van der Waals surface area contributed by atoms with Crippen molar-refractivity contribution in [1.29, 1.82) is 0 Å². The number of anilines is 1. The molecule has 0 radical (unpaired) electrons. The second-order valence-corrected chi connectivity index (χ2v) is 5.86. The summed E-state index contributed by atoms with van der Waals surface area (Å²) < 4.78 is 0. The van der Waals surface area contributed by atoms with Gasteiger partial charge in [-0.25, -0.2) is 4.79 Å². The van der Waals surface area contributed by atoms with Gasteiger partial charge >= 0.3 is 0 Å². The van der Waals surface area contributed by atoms with Gasteiger partial charge in [0.15, 0.2) is 0 Å². The highest BCUT2D eigenvalue weighted by Crippen LogP contribution is 2.42. The van der Waals surface area contributed by atoms with Crippen molar-refractivity contribution < 1.29 is 9.59 Å². The normalized spacial score (nSPS) is 14.8. The maximum atomic E-state index is 12.9. The number of carbonyl (C=O) groups excluding carboxylic acids is 2. The van der Waals surface area contributed by atoms with Crippen molar-refractivity contribution in [2.45, 2.75) is 6.92 Å². The SMILES string of the molecule is CC(=C1C(=O)N(N=C=O)c2ccc(-c3ccncc3)cc21)c1ccc[nH]1. The number of carbonyl (C=O) groups is 1. The Balaban J connectivity index is 1.95. The Morgan fingerprint density at radius 1 is 1.15 bits per heavy atom. The fourth-order valence-electron chi connectivity index (χ4n) is 3.18. The molecule has 1 N–H and O–H groups in total. The van der Waals surface area contributed by atoms with Crippen LogP contribution in [0.1, 0.15) is 18.2 Å². The molecule has 1 aliphatic rings. The van der Waals surface area contributed by atoms with E-state index in [0.29, 0.717) is 11.3 Å². The maximum Gasteiger partial charge on any atom is 0.280 e. The molecule has 6 heteroatoms. The third-order valence-electron chi connectivity index (χ3n) is 4.43. The zero-order chi connectivity index (χ0) is 18.1. The van der Waals surface area contributed by atoms with E-state index in [-0.39, 0.29) is 5.91 Å². The molecular formula is C20H14N4O2. The van der Waals surface area contributed by atoms with E-state index < -0.39 is 0 Å². The molecule has 0 saturated heterocycles. The average molecular weight is 342 g/mol. The quantitative estimate of drug-likeness (QED) is 0.449. The molecule has 0 aliphatic carbocycles. The average Bonchev–Trinajstić information content (AvgIpc) is 3.30. The first kappa shape index (κ1) is 15.7. The smallest absolute Gasteiger partial charge is 0.280 e. The molecule has 3 aromatic rings. The minimum Gasteiger partial charge on any atom is -0.361 e. The van der Waals surface area contributed by atoms with E-state index >= 15 is 0 Å². The van der Waals surface area contributed by atoms with Gasteiger partial charge in [0.2, 0.25) is 0 Å². The molecule has 4 rings (SSSR count). The van der Waals surface area contributed by atoms with E-state index in [1.54, 1.807) is 24.7 Å². The Bertz CT molecular complexity index is 1060. The lowest BCUT2D eigenvalue weighted by Gasteiger charge is -2.08. The number of fused-ring (bicyclic) bond motifs is 1. The van der Waals surface area contributed by atoms with Gasteiger partial charge in [0.1, 0.15) is 0 Å². The molecule has 1 amide bonds. The van der Waals surface area contributed by atoms with Crippen LogP contribution in [-0.4, -0.2) is 22.0 Å². The van der Waals surface area contributed by atoms with Crippen molar-refractivity contribution in [1.82, 2.24) is 9.97 Å². The first-order chi connectivity index (χ1) is 12.7. The van der Waals surface area contributed by atoms with Gasteiger partial charge in [-0.3, -0.25) is 9.78 Å². The number of nitrogens with one attached hydrogen (secondary N) is 1. The van der Waals surface area contributed by atoms with E-state index in [0.717, 1.165) is 33.0 Å². The van der Waals surface area contributed by atoms with E-state index in [2.05, 4.69) is 15.1 Å². The minimum absolute atomic E-state index is 0.345. The van der Waals surface area contributed by atoms with Gasteiger partial charge in [0.25, 0.3) is 12.0 Å². The highest BCUT2D eigenvalue weighted by atomic mass is 16.2. The Labute approximate surface area is 149 Å². The van der Waals surface area contributed by atoms with E-state index in [1.807, 2.05) is 43.3 Å². The number of isocyanates is 1. The number of amides is 1. The van der Waals surface area contributed by atoms with Crippen molar-refractivity contribution in [2.24, 2.45) is 5.10 Å². The summed E-state index contributed by atoms with van der Waals surface area (Å²) in [6.07, 6.45) is 6.70. The van der Waals surface area contributed by atoms with Crippen molar-refractivity contribution in [3.05, 3.63) is 72.3 Å². The number of allylic oxidation sites excluding steroid dienone is 1. The monoisotopic (exact) mass is 342 g/mol. The van der Waals surface area contributed by atoms with Crippen LogP contribution >= 0.6 is 0 Å². The molecule has 2 aromatic heterocycles. The number of rotatable bonds is 3. The second-order valence-electron chi connectivity index (χ2n) is 5.86. The lowest BCUT2D eigenvalue weighted by molar-refractivity contribution is -0.113. The van der Waals surface area contributed by atoms with Gasteiger partial charge in [-0.2, -0.15) is 5.01 Å². The number of H-pyrrole nitrogens is 1.